The highest BCUT2D eigenvalue weighted by Gasteiger charge is 2.34. The number of rotatable bonds is 3. The average molecular weight is 236 g/mol. The maximum atomic E-state index is 9.75. The van der Waals surface area contributed by atoms with Crippen molar-refractivity contribution in [2.45, 2.75) is 40.2 Å². The first kappa shape index (κ1) is 14.2. The fourth-order valence-electron chi connectivity index (χ4n) is 2.62. The molecule has 0 saturated heterocycles. The van der Waals surface area contributed by atoms with Gasteiger partial charge >= 0.3 is 0 Å². The lowest BCUT2D eigenvalue weighted by atomic mass is 9.67. The van der Waals surface area contributed by atoms with Gasteiger partial charge in [-0.05, 0) is 25.7 Å². The van der Waals surface area contributed by atoms with Crippen LogP contribution in [-0.2, 0) is 0 Å². The van der Waals surface area contributed by atoms with Crippen molar-refractivity contribution in [2.24, 2.45) is 11.3 Å². The van der Waals surface area contributed by atoms with Gasteiger partial charge in [0.15, 0.2) is 0 Å². The Bertz CT molecular complexity index is 348. The van der Waals surface area contributed by atoms with E-state index in [9.17, 15) is 5.11 Å². The predicted octanol–water partition coefficient (Wildman–Crippen LogP) is 2.83. The first-order valence-corrected chi connectivity index (χ1v) is 6.19. The van der Waals surface area contributed by atoms with Gasteiger partial charge in [0.25, 0.3) is 0 Å². The van der Waals surface area contributed by atoms with E-state index in [1.807, 2.05) is 13.0 Å². The van der Waals surface area contributed by atoms with Crippen molar-refractivity contribution in [3.05, 3.63) is 35.5 Å². The fraction of sp³-hybridized carbons (Fsp3) is 0.600. The Hall–Kier alpha value is -0.860. The van der Waals surface area contributed by atoms with Gasteiger partial charge < -0.3 is 10.2 Å². The molecule has 0 saturated carbocycles. The van der Waals surface area contributed by atoms with Gasteiger partial charge in [-0.15, -0.1) is 0 Å². The predicted molar refractivity (Wildman–Crippen MR) is 71.6 cm³/mol. The topological polar surface area (TPSA) is 40.5 Å². The lowest BCUT2D eigenvalue weighted by molar-refractivity contribution is 0.117. The fourth-order valence-corrected chi connectivity index (χ4v) is 2.62. The second kappa shape index (κ2) is 5.65. The molecule has 0 aliphatic heterocycles. The van der Waals surface area contributed by atoms with E-state index < -0.39 is 0 Å². The molecule has 1 rings (SSSR count). The van der Waals surface area contributed by atoms with Gasteiger partial charge in [0, 0.05) is 5.92 Å². The zero-order chi connectivity index (χ0) is 13.1. The van der Waals surface area contributed by atoms with Crippen LogP contribution in [-0.4, -0.2) is 22.9 Å². The molecule has 0 aromatic carbocycles. The van der Waals surface area contributed by atoms with E-state index in [0.717, 1.165) is 12.0 Å². The molecule has 0 fully saturated rings. The molecule has 0 heterocycles. The van der Waals surface area contributed by atoms with Gasteiger partial charge in [0.1, 0.15) is 0 Å². The molecule has 0 radical (unpaired) electrons. The molecule has 96 valence electrons. The van der Waals surface area contributed by atoms with E-state index in [1.54, 1.807) is 6.08 Å². The van der Waals surface area contributed by atoms with Gasteiger partial charge in [-0.25, -0.2) is 0 Å². The van der Waals surface area contributed by atoms with Crippen LogP contribution >= 0.6 is 0 Å². The van der Waals surface area contributed by atoms with Crippen LogP contribution in [0.3, 0.4) is 0 Å². The number of allylic oxidation sites excluding steroid dienone is 4. The molecule has 0 unspecified atom stereocenters. The normalized spacial score (nSPS) is 29.5. The highest BCUT2D eigenvalue weighted by atomic mass is 16.3. The van der Waals surface area contributed by atoms with Gasteiger partial charge in [0.2, 0.25) is 0 Å². The maximum Gasteiger partial charge on any atom is 0.0729 e. The first-order valence-electron chi connectivity index (χ1n) is 6.19. The Labute approximate surface area is 104 Å². The third kappa shape index (κ3) is 3.83. The minimum absolute atomic E-state index is 0.0776. The van der Waals surface area contributed by atoms with Crippen molar-refractivity contribution in [3.63, 3.8) is 0 Å². The lowest BCUT2D eigenvalue weighted by Gasteiger charge is -2.38. The van der Waals surface area contributed by atoms with Crippen LogP contribution in [0.2, 0.25) is 0 Å². The Balaban J connectivity index is 2.88. The number of hydrogen-bond donors (Lipinski definition) is 2. The van der Waals surface area contributed by atoms with Crippen molar-refractivity contribution < 1.29 is 10.2 Å². The molecule has 1 aliphatic carbocycles. The minimum atomic E-state index is -0.316. The second-order valence-electron chi connectivity index (χ2n) is 5.64. The lowest BCUT2D eigenvalue weighted by Crippen LogP contribution is -2.32. The van der Waals surface area contributed by atoms with Gasteiger partial charge in [-0.2, -0.15) is 0 Å². The summed E-state index contributed by atoms with van der Waals surface area (Å²) in [7, 11) is 0. The quantitative estimate of drug-likeness (QED) is 0.584. The van der Waals surface area contributed by atoms with Crippen molar-refractivity contribution in [1.29, 1.82) is 0 Å². The summed E-state index contributed by atoms with van der Waals surface area (Å²) in [5, 5.41) is 18.6. The van der Waals surface area contributed by atoms with Gasteiger partial charge in [-0.1, -0.05) is 49.3 Å². The Kier molecular flexibility index (Phi) is 4.72. The van der Waals surface area contributed by atoms with Gasteiger partial charge in [-0.3, -0.25) is 0 Å². The molecule has 2 atom stereocenters. The van der Waals surface area contributed by atoms with Crippen LogP contribution in [0.4, 0.5) is 0 Å². The smallest absolute Gasteiger partial charge is 0.0729 e. The zero-order valence-electron chi connectivity index (χ0n) is 11.3. The number of aliphatic hydroxyl groups is 2. The molecule has 0 amide bonds. The number of hydrogen-bond acceptors (Lipinski definition) is 2. The highest BCUT2D eigenvalue weighted by Crippen LogP contribution is 2.41. The SMILES string of the molecule is CC1=C[C@@H](O)CC(C)(C)[C@H]1/C=C/C(C)=C\CO. The Morgan fingerprint density at radius 1 is 1.53 bits per heavy atom. The summed E-state index contributed by atoms with van der Waals surface area (Å²) in [6.07, 6.45) is 8.45. The maximum absolute atomic E-state index is 9.75. The molecule has 2 nitrogen and oxygen atoms in total. The van der Waals surface area contributed by atoms with E-state index in [1.165, 1.54) is 5.57 Å². The molecule has 1 aliphatic rings. The molecule has 2 heteroatoms. The van der Waals surface area contributed by atoms with E-state index in [2.05, 4.69) is 32.9 Å². The first-order chi connectivity index (χ1) is 7.86. The van der Waals surface area contributed by atoms with E-state index >= 15 is 0 Å². The van der Waals surface area contributed by atoms with Crippen LogP contribution in [0.15, 0.2) is 35.5 Å². The molecule has 0 aromatic heterocycles. The summed E-state index contributed by atoms with van der Waals surface area (Å²) in [6, 6.07) is 0. The minimum Gasteiger partial charge on any atom is -0.392 e. The number of aliphatic hydroxyl groups excluding tert-OH is 2. The molecule has 0 spiro atoms. The van der Waals surface area contributed by atoms with Crippen LogP contribution in [0.5, 0.6) is 0 Å². The van der Waals surface area contributed by atoms with Crippen molar-refractivity contribution in [1.82, 2.24) is 0 Å². The third-order valence-corrected chi connectivity index (χ3v) is 3.49. The summed E-state index contributed by atoms with van der Waals surface area (Å²) in [6.45, 7) is 8.51. The summed E-state index contributed by atoms with van der Waals surface area (Å²) < 4.78 is 0. The summed E-state index contributed by atoms with van der Waals surface area (Å²) in [4.78, 5) is 0. The standard InChI is InChI=1S/C15H24O2/c1-11(7-8-16)5-6-14-12(2)9-13(17)10-15(14,3)4/h5-7,9,13-14,16-17H,8,10H2,1-4H3/b6-5+,11-7-/t13-,14+/m1/s1. The van der Waals surface area contributed by atoms with E-state index in [-0.39, 0.29) is 18.1 Å². The summed E-state index contributed by atoms with van der Waals surface area (Å²) >= 11 is 0. The summed E-state index contributed by atoms with van der Waals surface area (Å²) in [5.74, 6) is 0.355. The summed E-state index contributed by atoms with van der Waals surface area (Å²) in [5.41, 5.74) is 2.37. The molecule has 0 bridgehead atoms. The monoisotopic (exact) mass is 236 g/mol. The van der Waals surface area contributed by atoms with Crippen LogP contribution in [0.1, 0.15) is 34.1 Å². The van der Waals surface area contributed by atoms with Gasteiger partial charge in [0.05, 0.1) is 12.7 Å². The van der Waals surface area contributed by atoms with Crippen molar-refractivity contribution in [3.8, 4) is 0 Å². The molecule has 0 aromatic rings. The Morgan fingerprint density at radius 3 is 2.71 bits per heavy atom. The molecular formula is C15H24O2. The zero-order valence-corrected chi connectivity index (χ0v) is 11.3. The molecular weight excluding hydrogens is 212 g/mol. The van der Waals surface area contributed by atoms with E-state index in [0.29, 0.717) is 5.92 Å². The molecule has 2 N–H and O–H groups in total. The van der Waals surface area contributed by atoms with E-state index in [4.69, 9.17) is 5.11 Å². The van der Waals surface area contributed by atoms with Crippen molar-refractivity contribution in [2.75, 3.05) is 6.61 Å². The highest BCUT2D eigenvalue weighted by molar-refractivity contribution is 5.25. The van der Waals surface area contributed by atoms with Crippen LogP contribution in [0, 0.1) is 11.3 Å². The van der Waals surface area contributed by atoms with Crippen LogP contribution < -0.4 is 0 Å². The largest absolute Gasteiger partial charge is 0.392 e. The third-order valence-electron chi connectivity index (χ3n) is 3.49. The average Bonchev–Trinajstić information content (AvgIpc) is 2.14. The van der Waals surface area contributed by atoms with Crippen molar-refractivity contribution >= 4 is 0 Å². The van der Waals surface area contributed by atoms with Crippen LogP contribution in [0.25, 0.3) is 0 Å². The Morgan fingerprint density at radius 2 is 2.18 bits per heavy atom. The molecule has 17 heavy (non-hydrogen) atoms. The second-order valence-corrected chi connectivity index (χ2v) is 5.64.